The van der Waals surface area contributed by atoms with Crippen molar-refractivity contribution in [2.45, 2.75) is 43.6 Å². The molecule has 128 valence electrons. The van der Waals surface area contributed by atoms with Crippen LogP contribution in [0.4, 0.5) is 35.1 Å². The van der Waals surface area contributed by atoms with Gasteiger partial charge in [0.05, 0.1) is 13.2 Å². The van der Waals surface area contributed by atoms with Crippen molar-refractivity contribution in [3.63, 3.8) is 0 Å². The highest BCUT2D eigenvalue weighted by molar-refractivity contribution is 5.92. The van der Waals surface area contributed by atoms with Crippen molar-refractivity contribution in [2.75, 3.05) is 7.11 Å². The zero-order valence-corrected chi connectivity index (χ0v) is 11.3. The quantitative estimate of drug-likeness (QED) is 0.583. The van der Waals surface area contributed by atoms with Gasteiger partial charge in [-0.25, -0.2) is 4.79 Å². The highest BCUT2D eigenvalue weighted by atomic mass is 19.4. The number of halogens is 8. The fourth-order valence-electron chi connectivity index (χ4n) is 1.72. The minimum atomic E-state index is -6.53. The molecule has 22 heavy (non-hydrogen) atoms. The smallest absolute Gasteiger partial charge is 0.386 e. The fourth-order valence-corrected chi connectivity index (χ4v) is 1.72. The van der Waals surface area contributed by atoms with E-state index in [1.807, 2.05) is 0 Å². The first kappa shape index (κ1) is 18.5. The average Bonchev–Trinajstić information content (AvgIpc) is 2.31. The summed E-state index contributed by atoms with van der Waals surface area (Å²) in [6.07, 6.45) is -1.15. The van der Waals surface area contributed by atoms with Gasteiger partial charge in [-0.05, 0) is 13.8 Å². The minimum Gasteiger partial charge on any atom is -0.494 e. The first-order valence-corrected chi connectivity index (χ1v) is 5.67. The summed E-state index contributed by atoms with van der Waals surface area (Å²) >= 11 is 0. The third kappa shape index (κ3) is 2.12. The predicted molar refractivity (Wildman–Crippen MR) is 55.1 cm³/mol. The molecule has 11 heteroatoms. The van der Waals surface area contributed by atoms with Crippen LogP contribution in [0.25, 0.3) is 0 Å². The van der Waals surface area contributed by atoms with Crippen LogP contribution in [0.15, 0.2) is 11.3 Å². The largest absolute Gasteiger partial charge is 0.494 e. The van der Waals surface area contributed by atoms with E-state index >= 15 is 0 Å². The molecule has 3 nitrogen and oxygen atoms in total. The van der Waals surface area contributed by atoms with Crippen molar-refractivity contribution in [1.29, 1.82) is 0 Å². The normalized spacial score (nSPS) is 25.1. The van der Waals surface area contributed by atoms with Crippen molar-refractivity contribution >= 4 is 5.97 Å². The van der Waals surface area contributed by atoms with Gasteiger partial charge in [0.25, 0.3) is 0 Å². The number of allylic oxidation sites excluding steroid dienone is 1. The molecule has 1 aliphatic carbocycles. The summed E-state index contributed by atoms with van der Waals surface area (Å²) in [5.41, 5.74) is -2.63. The summed E-state index contributed by atoms with van der Waals surface area (Å²) in [6, 6.07) is 0. The molecule has 0 saturated carbocycles. The van der Waals surface area contributed by atoms with Crippen LogP contribution >= 0.6 is 0 Å². The monoisotopic (exact) mass is 342 g/mol. The lowest BCUT2D eigenvalue weighted by Gasteiger charge is -2.42. The number of hydrogen-bond acceptors (Lipinski definition) is 3. The van der Waals surface area contributed by atoms with Gasteiger partial charge in [-0.3, -0.25) is 0 Å². The van der Waals surface area contributed by atoms with Gasteiger partial charge in [0.2, 0.25) is 0 Å². The number of carbonyl (C=O) groups is 1. The van der Waals surface area contributed by atoms with E-state index in [1.165, 1.54) is 0 Å². The van der Waals surface area contributed by atoms with E-state index in [-0.39, 0.29) is 7.11 Å². The zero-order chi connectivity index (χ0) is 17.7. The van der Waals surface area contributed by atoms with Crippen LogP contribution in [0.3, 0.4) is 0 Å². The number of alkyl halides is 8. The highest BCUT2D eigenvalue weighted by Crippen LogP contribution is 2.61. The molecule has 0 aromatic heterocycles. The number of methoxy groups -OCH3 is 1. The Balaban J connectivity index is 3.73. The lowest BCUT2D eigenvalue weighted by atomic mass is 9.84. The van der Waals surface area contributed by atoms with E-state index in [4.69, 9.17) is 0 Å². The Kier molecular flexibility index (Phi) is 4.19. The maximum Gasteiger partial charge on any atom is 0.386 e. The number of hydrogen-bond donors (Lipinski definition) is 0. The second-order valence-electron chi connectivity index (χ2n) is 4.66. The Morgan fingerprint density at radius 3 is 1.68 bits per heavy atom. The van der Waals surface area contributed by atoms with E-state index in [1.54, 1.807) is 0 Å². The summed E-state index contributed by atoms with van der Waals surface area (Å²) in [6.45, 7) is 2.22. The van der Waals surface area contributed by atoms with Gasteiger partial charge >= 0.3 is 29.7 Å². The lowest BCUT2D eigenvalue weighted by molar-refractivity contribution is -0.365. The van der Waals surface area contributed by atoms with E-state index in [0.29, 0.717) is 0 Å². The lowest BCUT2D eigenvalue weighted by Crippen LogP contribution is -2.68. The molecule has 0 radical (unpaired) electrons. The van der Waals surface area contributed by atoms with Crippen molar-refractivity contribution in [3.05, 3.63) is 11.3 Å². The van der Waals surface area contributed by atoms with E-state index < -0.39 is 47.1 Å². The summed E-state index contributed by atoms with van der Waals surface area (Å²) in [5, 5.41) is 0. The van der Waals surface area contributed by atoms with Gasteiger partial charge in [-0.15, -0.1) is 0 Å². The third-order valence-electron chi connectivity index (χ3n) is 2.76. The van der Waals surface area contributed by atoms with Crippen LogP contribution in [-0.2, 0) is 14.3 Å². The minimum absolute atomic E-state index is 0.265. The van der Waals surface area contributed by atoms with Gasteiger partial charge in [0.15, 0.2) is 11.3 Å². The molecular weight excluding hydrogens is 332 g/mol. The molecule has 0 bridgehead atoms. The first-order valence-electron chi connectivity index (χ1n) is 5.67. The maximum absolute atomic E-state index is 13.6. The van der Waals surface area contributed by atoms with Gasteiger partial charge < -0.3 is 9.47 Å². The molecule has 0 aliphatic heterocycles. The second-order valence-corrected chi connectivity index (χ2v) is 4.66. The summed E-state index contributed by atoms with van der Waals surface area (Å²) in [7, 11) is 0.265. The van der Waals surface area contributed by atoms with Gasteiger partial charge in [0.1, 0.15) is 0 Å². The van der Waals surface area contributed by atoms with Crippen LogP contribution in [-0.4, -0.2) is 42.9 Å². The Hall–Kier alpha value is -1.55. The molecule has 0 unspecified atom stereocenters. The van der Waals surface area contributed by atoms with Crippen LogP contribution in [0, 0.1) is 0 Å². The molecule has 1 aliphatic rings. The van der Waals surface area contributed by atoms with E-state index in [2.05, 4.69) is 9.47 Å². The topological polar surface area (TPSA) is 35.5 Å². The van der Waals surface area contributed by atoms with E-state index in [9.17, 15) is 39.9 Å². The number of ether oxygens (including phenoxy) is 2. The van der Waals surface area contributed by atoms with Gasteiger partial charge in [-0.2, -0.15) is 35.1 Å². The zero-order valence-electron chi connectivity index (χ0n) is 11.3. The third-order valence-corrected chi connectivity index (χ3v) is 2.76. The SMILES string of the molecule is COC1=C(C(=O)OC(C)C)C(F)(F)C(F)(F)C(F)(F)C1(F)F. The van der Waals surface area contributed by atoms with Gasteiger partial charge in [0, 0.05) is 0 Å². The molecule has 0 spiro atoms. The molecule has 0 heterocycles. The van der Waals surface area contributed by atoms with Crippen LogP contribution < -0.4 is 0 Å². The summed E-state index contributed by atoms with van der Waals surface area (Å²) in [5.74, 6) is -29.6. The average molecular weight is 342 g/mol. The van der Waals surface area contributed by atoms with Crippen molar-refractivity contribution in [3.8, 4) is 0 Å². The predicted octanol–water partition coefficient (Wildman–Crippen LogP) is 3.39. The van der Waals surface area contributed by atoms with Crippen LogP contribution in [0.1, 0.15) is 13.8 Å². The maximum atomic E-state index is 13.6. The molecule has 0 aromatic carbocycles. The highest BCUT2D eigenvalue weighted by Gasteiger charge is 2.87. The molecule has 0 amide bonds. The van der Waals surface area contributed by atoms with Gasteiger partial charge in [-0.1, -0.05) is 0 Å². The Bertz CT molecular complexity index is 509. The molecule has 0 atom stereocenters. The first-order chi connectivity index (χ1) is 9.66. The van der Waals surface area contributed by atoms with Crippen molar-refractivity contribution in [1.82, 2.24) is 0 Å². The van der Waals surface area contributed by atoms with Crippen LogP contribution in [0.2, 0.25) is 0 Å². The number of carbonyl (C=O) groups excluding carboxylic acids is 1. The molecule has 0 N–H and O–H groups in total. The summed E-state index contributed by atoms with van der Waals surface area (Å²) in [4.78, 5) is 11.4. The number of esters is 1. The Labute approximate surface area is 118 Å². The molecule has 0 saturated heterocycles. The van der Waals surface area contributed by atoms with Crippen molar-refractivity contribution < 1.29 is 49.4 Å². The Morgan fingerprint density at radius 2 is 1.32 bits per heavy atom. The standard InChI is InChI=1S/C11H10F8O3/c1-4(2)22-7(20)5-6(21-3)9(14,15)11(18,19)10(16,17)8(5,12)13/h4H,1-3H3. The second kappa shape index (κ2) is 4.98. The molecule has 0 aromatic rings. The van der Waals surface area contributed by atoms with Crippen molar-refractivity contribution in [2.24, 2.45) is 0 Å². The Morgan fingerprint density at radius 1 is 0.909 bits per heavy atom. The van der Waals surface area contributed by atoms with E-state index in [0.717, 1.165) is 13.8 Å². The molecular formula is C11H10F8O3. The number of rotatable bonds is 3. The fraction of sp³-hybridized carbons (Fsp3) is 0.727. The van der Waals surface area contributed by atoms with Crippen LogP contribution in [0.5, 0.6) is 0 Å². The molecule has 0 fully saturated rings. The summed E-state index contributed by atoms with van der Waals surface area (Å²) < 4.78 is 115. The molecule has 1 rings (SSSR count).